The zero-order valence-electron chi connectivity index (χ0n) is 12.4. The monoisotopic (exact) mass is 252 g/mol. The first-order valence-electron chi connectivity index (χ1n) is 7.42. The lowest BCUT2D eigenvalue weighted by atomic mass is 9.88. The summed E-state index contributed by atoms with van der Waals surface area (Å²) in [6.07, 6.45) is 7.62. The molecule has 1 N–H and O–H groups in total. The number of hydrogen-bond donors (Lipinski definition) is 1. The molecule has 18 heavy (non-hydrogen) atoms. The smallest absolute Gasteiger partial charge is 0.242 e. The summed E-state index contributed by atoms with van der Waals surface area (Å²) in [6.45, 7) is 9.27. The van der Waals surface area contributed by atoms with E-state index in [1.165, 1.54) is 38.5 Å². The number of carbonyl (C=O) groups is 1. The van der Waals surface area contributed by atoms with E-state index in [4.69, 9.17) is 0 Å². The van der Waals surface area contributed by atoms with E-state index in [2.05, 4.69) is 24.1 Å². The summed E-state index contributed by atoms with van der Waals surface area (Å²) in [7, 11) is 0. The van der Waals surface area contributed by atoms with Gasteiger partial charge >= 0.3 is 0 Å². The first kappa shape index (κ1) is 13.9. The van der Waals surface area contributed by atoms with Crippen molar-refractivity contribution in [2.75, 3.05) is 6.54 Å². The van der Waals surface area contributed by atoms with Crippen molar-refractivity contribution in [3.63, 3.8) is 0 Å². The van der Waals surface area contributed by atoms with Crippen LogP contribution in [0.2, 0.25) is 0 Å². The number of rotatable bonds is 1. The Bertz CT molecular complexity index is 314. The molecule has 2 rings (SSSR count). The van der Waals surface area contributed by atoms with Crippen LogP contribution in [0.15, 0.2) is 0 Å². The topological polar surface area (TPSA) is 32.3 Å². The minimum atomic E-state index is -0.423. The molecule has 1 amide bonds. The maximum absolute atomic E-state index is 12.6. The Labute approximate surface area is 111 Å². The number of amides is 1. The molecule has 0 bridgehead atoms. The third-order valence-corrected chi connectivity index (χ3v) is 4.28. The van der Waals surface area contributed by atoms with Crippen LogP contribution in [0.25, 0.3) is 0 Å². The van der Waals surface area contributed by atoms with Crippen LogP contribution in [0.4, 0.5) is 0 Å². The summed E-state index contributed by atoms with van der Waals surface area (Å²) < 4.78 is 0. The molecular weight excluding hydrogens is 224 g/mol. The number of carbonyl (C=O) groups excluding carboxylic acids is 1. The molecule has 1 aliphatic heterocycles. The highest BCUT2D eigenvalue weighted by Crippen LogP contribution is 2.29. The maximum atomic E-state index is 12.6. The normalized spacial score (nSPS) is 29.1. The fourth-order valence-corrected chi connectivity index (χ4v) is 3.66. The van der Waals surface area contributed by atoms with E-state index in [9.17, 15) is 4.79 Å². The predicted molar refractivity (Wildman–Crippen MR) is 74.5 cm³/mol. The summed E-state index contributed by atoms with van der Waals surface area (Å²) in [6, 6.07) is 0.473. The van der Waals surface area contributed by atoms with Gasteiger partial charge in [0.2, 0.25) is 5.91 Å². The quantitative estimate of drug-likeness (QED) is 0.728. The molecule has 1 aliphatic carbocycles. The molecule has 0 unspecified atom stereocenters. The van der Waals surface area contributed by atoms with Crippen LogP contribution in [0, 0.1) is 0 Å². The molecule has 1 heterocycles. The molecule has 0 spiro atoms. The molecule has 0 radical (unpaired) electrons. The fourth-order valence-electron chi connectivity index (χ4n) is 3.66. The maximum Gasteiger partial charge on any atom is 0.242 e. The lowest BCUT2D eigenvalue weighted by Gasteiger charge is -2.50. The van der Waals surface area contributed by atoms with E-state index in [0.717, 1.165) is 6.54 Å². The Hall–Kier alpha value is -0.570. The van der Waals surface area contributed by atoms with Crippen LogP contribution < -0.4 is 5.32 Å². The van der Waals surface area contributed by atoms with Crippen molar-refractivity contribution in [3.8, 4) is 0 Å². The van der Waals surface area contributed by atoms with Crippen molar-refractivity contribution in [1.29, 1.82) is 0 Å². The highest BCUT2D eigenvalue weighted by Gasteiger charge is 2.45. The number of nitrogens with zero attached hydrogens (tertiary/aromatic N) is 1. The molecule has 0 aromatic carbocycles. The largest absolute Gasteiger partial charge is 0.336 e. The van der Waals surface area contributed by atoms with Crippen molar-refractivity contribution in [2.45, 2.75) is 83.3 Å². The van der Waals surface area contributed by atoms with Crippen molar-refractivity contribution < 1.29 is 4.79 Å². The van der Waals surface area contributed by atoms with E-state index in [-0.39, 0.29) is 11.4 Å². The lowest BCUT2D eigenvalue weighted by Crippen LogP contribution is -2.71. The van der Waals surface area contributed by atoms with Crippen LogP contribution in [-0.4, -0.2) is 34.5 Å². The lowest BCUT2D eigenvalue weighted by molar-refractivity contribution is -0.147. The zero-order valence-corrected chi connectivity index (χ0v) is 12.4. The molecule has 3 nitrogen and oxygen atoms in total. The SMILES string of the molecule is CC1(C)CN(C2CCCCCC2)C(=O)C(C)(C)N1. The van der Waals surface area contributed by atoms with Crippen molar-refractivity contribution >= 4 is 5.91 Å². The van der Waals surface area contributed by atoms with Crippen molar-refractivity contribution in [2.24, 2.45) is 0 Å². The van der Waals surface area contributed by atoms with Crippen LogP contribution in [0.3, 0.4) is 0 Å². The van der Waals surface area contributed by atoms with Crippen LogP contribution in [-0.2, 0) is 4.79 Å². The van der Waals surface area contributed by atoms with Gasteiger partial charge in [-0.2, -0.15) is 0 Å². The fraction of sp³-hybridized carbons (Fsp3) is 0.933. The average molecular weight is 252 g/mol. The molecule has 0 aromatic heterocycles. The molecule has 2 aliphatic rings. The van der Waals surface area contributed by atoms with E-state index in [0.29, 0.717) is 6.04 Å². The standard InChI is InChI=1S/C15H28N2O/c1-14(2)11-17(13(18)15(3,4)16-14)12-9-7-5-6-8-10-12/h12,16H,5-11H2,1-4H3. The van der Waals surface area contributed by atoms with E-state index in [1.807, 2.05) is 13.8 Å². The Morgan fingerprint density at radius 3 is 2.17 bits per heavy atom. The summed E-state index contributed by atoms with van der Waals surface area (Å²) in [5, 5.41) is 3.48. The molecule has 2 fully saturated rings. The Kier molecular flexibility index (Phi) is 3.72. The Morgan fingerprint density at radius 1 is 1.06 bits per heavy atom. The van der Waals surface area contributed by atoms with Gasteiger partial charge in [-0.25, -0.2) is 0 Å². The highest BCUT2D eigenvalue weighted by atomic mass is 16.2. The van der Waals surface area contributed by atoms with Crippen LogP contribution in [0.5, 0.6) is 0 Å². The average Bonchev–Trinajstić information content (AvgIpc) is 2.50. The summed E-state index contributed by atoms with van der Waals surface area (Å²) >= 11 is 0. The first-order chi connectivity index (χ1) is 8.32. The molecule has 104 valence electrons. The van der Waals surface area contributed by atoms with Crippen molar-refractivity contribution in [1.82, 2.24) is 10.2 Å². The Morgan fingerprint density at radius 2 is 1.61 bits per heavy atom. The molecule has 1 saturated carbocycles. The van der Waals surface area contributed by atoms with Gasteiger partial charge < -0.3 is 4.90 Å². The van der Waals surface area contributed by atoms with Gasteiger partial charge in [-0.05, 0) is 40.5 Å². The minimum absolute atomic E-state index is 0.0176. The van der Waals surface area contributed by atoms with Crippen LogP contribution in [0.1, 0.15) is 66.2 Å². The third kappa shape index (κ3) is 2.87. The van der Waals surface area contributed by atoms with Gasteiger partial charge in [-0.15, -0.1) is 0 Å². The first-order valence-corrected chi connectivity index (χ1v) is 7.42. The van der Waals surface area contributed by atoms with Gasteiger partial charge in [0.15, 0.2) is 0 Å². The van der Waals surface area contributed by atoms with E-state index in [1.54, 1.807) is 0 Å². The molecular formula is C15H28N2O. The van der Waals surface area contributed by atoms with E-state index >= 15 is 0 Å². The molecule has 3 heteroatoms. The highest BCUT2D eigenvalue weighted by molar-refractivity contribution is 5.87. The van der Waals surface area contributed by atoms with Gasteiger partial charge in [0.25, 0.3) is 0 Å². The second kappa shape index (κ2) is 4.84. The third-order valence-electron chi connectivity index (χ3n) is 4.28. The summed E-state index contributed by atoms with van der Waals surface area (Å²) in [5.41, 5.74) is -0.405. The zero-order chi connectivity index (χ0) is 13.4. The Balaban J connectivity index is 2.16. The van der Waals surface area contributed by atoms with E-state index < -0.39 is 5.54 Å². The summed E-state index contributed by atoms with van der Waals surface area (Å²) in [5.74, 6) is 0.286. The molecule has 0 aromatic rings. The van der Waals surface area contributed by atoms with Crippen molar-refractivity contribution in [3.05, 3.63) is 0 Å². The van der Waals surface area contributed by atoms with Gasteiger partial charge in [0, 0.05) is 18.1 Å². The second-order valence-electron chi connectivity index (χ2n) is 7.21. The predicted octanol–water partition coefficient (Wildman–Crippen LogP) is 2.70. The number of nitrogens with one attached hydrogen (secondary N) is 1. The summed E-state index contributed by atoms with van der Waals surface area (Å²) in [4.78, 5) is 14.8. The number of piperazine rings is 1. The second-order valence-corrected chi connectivity index (χ2v) is 7.21. The molecule has 0 atom stereocenters. The minimum Gasteiger partial charge on any atom is -0.336 e. The van der Waals surface area contributed by atoms with Gasteiger partial charge in [-0.1, -0.05) is 25.7 Å². The van der Waals surface area contributed by atoms with Gasteiger partial charge in [0.1, 0.15) is 0 Å². The van der Waals surface area contributed by atoms with Gasteiger partial charge in [0.05, 0.1) is 5.54 Å². The van der Waals surface area contributed by atoms with Gasteiger partial charge in [-0.3, -0.25) is 10.1 Å². The van der Waals surface area contributed by atoms with Crippen LogP contribution >= 0.6 is 0 Å². The molecule has 1 saturated heterocycles. The number of hydrogen-bond acceptors (Lipinski definition) is 2.